The zero-order chi connectivity index (χ0) is 15.7. The molecule has 1 heterocycles. The molecule has 4 nitrogen and oxygen atoms in total. The van der Waals surface area contributed by atoms with Crippen LogP contribution in [-0.4, -0.2) is 42.1 Å². The molecule has 1 saturated heterocycles. The van der Waals surface area contributed by atoms with Crippen molar-refractivity contribution in [2.45, 2.75) is 44.4 Å². The van der Waals surface area contributed by atoms with E-state index in [0.717, 1.165) is 25.6 Å². The summed E-state index contributed by atoms with van der Waals surface area (Å²) >= 11 is 12.0. The lowest BCUT2D eigenvalue weighted by Gasteiger charge is -2.19. The molecule has 120 valence electrons. The number of carbonyl (C=O) groups excluding carboxylic acids is 1. The van der Waals surface area contributed by atoms with E-state index in [2.05, 4.69) is 10.2 Å². The van der Waals surface area contributed by atoms with E-state index in [1.165, 1.54) is 12.8 Å². The smallest absolute Gasteiger partial charge is 0.261 e. The van der Waals surface area contributed by atoms with Crippen LogP contribution in [0, 0.1) is 0 Å². The van der Waals surface area contributed by atoms with Crippen LogP contribution in [0.2, 0.25) is 10.0 Å². The van der Waals surface area contributed by atoms with Crippen molar-refractivity contribution in [1.29, 1.82) is 0 Å². The minimum atomic E-state index is -0.606. The van der Waals surface area contributed by atoms with Crippen molar-refractivity contribution >= 4 is 29.1 Å². The highest BCUT2D eigenvalue weighted by Gasteiger charge is 2.35. The Morgan fingerprint density at radius 1 is 1.36 bits per heavy atom. The molecule has 1 aromatic carbocycles. The number of ether oxygens (including phenoxy) is 1. The van der Waals surface area contributed by atoms with Gasteiger partial charge >= 0.3 is 0 Å². The molecule has 22 heavy (non-hydrogen) atoms. The molecule has 6 heteroatoms. The lowest BCUT2D eigenvalue weighted by molar-refractivity contribution is -0.127. The number of amides is 1. The third-order valence-electron chi connectivity index (χ3n) is 4.22. The van der Waals surface area contributed by atoms with Crippen LogP contribution in [0.5, 0.6) is 5.75 Å². The molecule has 3 rings (SSSR count). The van der Waals surface area contributed by atoms with Crippen LogP contribution in [-0.2, 0) is 4.79 Å². The van der Waals surface area contributed by atoms with E-state index in [-0.39, 0.29) is 11.9 Å². The maximum Gasteiger partial charge on any atom is 0.261 e. The zero-order valence-corrected chi connectivity index (χ0v) is 14.0. The predicted octanol–water partition coefficient (Wildman–Crippen LogP) is 3.11. The van der Waals surface area contributed by atoms with Crippen molar-refractivity contribution in [2.24, 2.45) is 0 Å². The van der Waals surface area contributed by atoms with E-state index in [1.807, 2.05) is 0 Å². The molecule has 2 fully saturated rings. The second kappa shape index (κ2) is 6.65. The molecule has 0 spiro atoms. The van der Waals surface area contributed by atoms with Gasteiger partial charge in [0.15, 0.2) is 6.10 Å². The first kappa shape index (κ1) is 15.9. The maximum atomic E-state index is 12.3. The number of carbonyl (C=O) groups is 1. The van der Waals surface area contributed by atoms with Crippen molar-refractivity contribution in [2.75, 3.05) is 13.1 Å². The van der Waals surface area contributed by atoms with E-state index in [1.54, 1.807) is 25.1 Å². The quantitative estimate of drug-likeness (QED) is 0.893. The molecule has 1 aliphatic carbocycles. The van der Waals surface area contributed by atoms with E-state index in [4.69, 9.17) is 27.9 Å². The van der Waals surface area contributed by atoms with Crippen molar-refractivity contribution in [3.63, 3.8) is 0 Å². The second-order valence-electron chi connectivity index (χ2n) is 6.03. The topological polar surface area (TPSA) is 41.6 Å². The molecule has 0 unspecified atom stereocenters. The molecule has 1 saturated carbocycles. The number of hydrogen-bond donors (Lipinski definition) is 1. The summed E-state index contributed by atoms with van der Waals surface area (Å²) in [6.45, 7) is 3.74. The maximum absolute atomic E-state index is 12.3. The van der Waals surface area contributed by atoms with Gasteiger partial charge in [-0.1, -0.05) is 29.3 Å². The van der Waals surface area contributed by atoms with Gasteiger partial charge in [-0.25, -0.2) is 0 Å². The lowest BCUT2D eigenvalue weighted by Crippen LogP contribution is -2.43. The van der Waals surface area contributed by atoms with Crippen molar-refractivity contribution in [1.82, 2.24) is 10.2 Å². The van der Waals surface area contributed by atoms with Crippen LogP contribution in [0.25, 0.3) is 0 Å². The van der Waals surface area contributed by atoms with Crippen LogP contribution in [0.1, 0.15) is 26.2 Å². The average Bonchev–Trinajstić information content (AvgIpc) is 3.24. The van der Waals surface area contributed by atoms with Crippen molar-refractivity contribution in [3.05, 3.63) is 28.2 Å². The van der Waals surface area contributed by atoms with Crippen LogP contribution >= 0.6 is 23.2 Å². The van der Waals surface area contributed by atoms with Gasteiger partial charge in [-0.3, -0.25) is 9.69 Å². The number of benzene rings is 1. The SMILES string of the molecule is C[C@H](Oc1cccc(Cl)c1Cl)C(=O)N[C@H]1CCN(C2CC2)C1. The summed E-state index contributed by atoms with van der Waals surface area (Å²) in [5.41, 5.74) is 0. The van der Waals surface area contributed by atoms with Gasteiger partial charge in [-0.05, 0) is 38.3 Å². The summed E-state index contributed by atoms with van der Waals surface area (Å²) in [6.07, 6.45) is 3.00. The van der Waals surface area contributed by atoms with E-state index >= 15 is 0 Å². The van der Waals surface area contributed by atoms with Crippen LogP contribution in [0.4, 0.5) is 0 Å². The molecular formula is C16H20Cl2N2O2. The molecule has 1 aromatic rings. The zero-order valence-electron chi connectivity index (χ0n) is 12.5. The van der Waals surface area contributed by atoms with Gasteiger partial charge in [0, 0.05) is 25.2 Å². The van der Waals surface area contributed by atoms with Gasteiger partial charge in [-0.2, -0.15) is 0 Å². The number of halogens is 2. The molecule has 0 radical (unpaired) electrons. The van der Waals surface area contributed by atoms with Gasteiger partial charge in [0.2, 0.25) is 0 Å². The van der Waals surface area contributed by atoms with Crippen LogP contribution in [0.15, 0.2) is 18.2 Å². The van der Waals surface area contributed by atoms with Gasteiger partial charge in [0.1, 0.15) is 10.8 Å². The molecule has 2 aliphatic rings. The molecule has 0 bridgehead atoms. The van der Waals surface area contributed by atoms with Crippen LogP contribution in [0.3, 0.4) is 0 Å². The lowest BCUT2D eigenvalue weighted by atomic mass is 10.2. The molecule has 1 amide bonds. The second-order valence-corrected chi connectivity index (χ2v) is 6.82. The molecule has 2 atom stereocenters. The molecule has 1 N–H and O–H groups in total. The van der Waals surface area contributed by atoms with Crippen molar-refractivity contribution < 1.29 is 9.53 Å². The van der Waals surface area contributed by atoms with Crippen molar-refractivity contribution in [3.8, 4) is 5.75 Å². The Labute approximate surface area is 140 Å². The molecular weight excluding hydrogens is 323 g/mol. The Kier molecular flexibility index (Phi) is 4.81. The highest BCUT2D eigenvalue weighted by Crippen LogP contribution is 2.32. The Balaban J connectivity index is 1.52. The summed E-state index contributed by atoms with van der Waals surface area (Å²) in [7, 11) is 0. The van der Waals surface area contributed by atoms with Gasteiger partial charge in [0.25, 0.3) is 5.91 Å². The summed E-state index contributed by atoms with van der Waals surface area (Å²) < 4.78 is 5.64. The highest BCUT2D eigenvalue weighted by molar-refractivity contribution is 6.42. The third kappa shape index (κ3) is 3.67. The monoisotopic (exact) mass is 342 g/mol. The first-order chi connectivity index (χ1) is 10.5. The highest BCUT2D eigenvalue weighted by atomic mass is 35.5. The Morgan fingerprint density at radius 3 is 2.86 bits per heavy atom. The van der Waals surface area contributed by atoms with Gasteiger partial charge in [0.05, 0.1) is 5.02 Å². The standard InChI is InChI=1S/C16H20Cl2N2O2/c1-10(22-14-4-2-3-13(17)15(14)18)16(21)19-11-7-8-20(9-11)12-5-6-12/h2-4,10-12H,5-9H2,1H3,(H,19,21)/t10-,11-/m0/s1. The first-order valence-electron chi connectivity index (χ1n) is 7.69. The summed E-state index contributed by atoms with van der Waals surface area (Å²) in [5, 5.41) is 3.82. The minimum Gasteiger partial charge on any atom is -0.479 e. The Hall–Kier alpha value is -0.970. The number of hydrogen-bond acceptors (Lipinski definition) is 3. The normalized spacial score (nSPS) is 23.3. The van der Waals surface area contributed by atoms with E-state index in [0.29, 0.717) is 15.8 Å². The van der Waals surface area contributed by atoms with E-state index in [9.17, 15) is 4.79 Å². The molecule has 0 aromatic heterocycles. The fraction of sp³-hybridized carbons (Fsp3) is 0.562. The minimum absolute atomic E-state index is 0.112. The summed E-state index contributed by atoms with van der Waals surface area (Å²) in [6, 6.07) is 6.11. The summed E-state index contributed by atoms with van der Waals surface area (Å²) in [4.78, 5) is 14.7. The first-order valence-corrected chi connectivity index (χ1v) is 8.45. The fourth-order valence-corrected chi connectivity index (χ4v) is 3.15. The summed E-state index contributed by atoms with van der Waals surface area (Å²) in [5.74, 6) is 0.321. The number of nitrogens with one attached hydrogen (secondary N) is 1. The number of rotatable bonds is 5. The Morgan fingerprint density at radius 2 is 2.14 bits per heavy atom. The van der Waals surface area contributed by atoms with Gasteiger partial charge < -0.3 is 10.1 Å². The predicted molar refractivity (Wildman–Crippen MR) is 87.7 cm³/mol. The molecule has 1 aliphatic heterocycles. The number of nitrogens with zero attached hydrogens (tertiary/aromatic N) is 1. The largest absolute Gasteiger partial charge is 0.479 e. The fourth-order valence-electron chi connectivity index (χ4n) is 2.81. The average molecular weight is 343 g/mol. The Bertz CT molecular complexity index is 563. The third-order valence-corrected chi connectivity index (χ3v) is 5.02. The van der Waals surface area contributed by atoms with E-state index < -0.39 is 6.10 Å². The number of likely N-dealkylation sites (tertiary alicyclic amines) is 1. The van der Waals surface area contributed by atoms with Gasteiger partial charge in [-0.15, -0.1) is 0 Å². The van der Waals surface area contributed by atoms with Crippen LogP contribution < -0.4 is 10.1 Å².